The molecule has 1 aromatic heterocycles. The third-order valence-electron chi connectivity index (χ3n) is 1.26. The average Bonchev–Trinajstić information content (AvgIpc) is 2.10. The molecule has 1 heterocycles. The van der Waals surface area contributed by atoms with Gasteiger partial charge in [0.1, 0.15) is 6.54 Å². The van der Waals surface area contributed by atoms with Crippen LogP contribution in [0.3, 0.4) is 0 Å². The Morgan fingerprint density at radius 2 is 1.92 bits per heavy atom. The maximum Gasteiger partial charge on any atom is 0.193 e. The summed E-state index contributed by atoms with van der Waals surface area (Å²) in [5.74, 6) is 0.933. The standard InChI is InChI=1S/C8H13ClNO.BrH/c1-10(2,3)6-7-4-5-8(9)11-7;/h4-5H,6H2,1-3H3;1H/q+1;/p-1. The Morgan fingerprint density at radius 1 is 1.33 bits per heavy atom. The molecule has 12 heavy (non-hydrogen) atoms. The van der Waals surface area contributed by atoms with Gasteiger partial charge in [-0.25, -0.2) is 0 Å². The first kappa shape index (κ1) is 12.0. The maximum absolute atomic E-state index is 5.62. The zero-order valence-corrected chi connectivity index (χ0v) is 9.82. The van der Waals surface area contributed by atoms with Crippen molar-refractivity contribution in [3.8, 4) is 0 Å². The molecule has 70 valence electrons. The molecule has 0 aliphatic rings. The van der Waals surface area contributed by atoms with E-state index < -0.39 is 0 Å². The molecule has 0 radical (unpaired) electrons. The van der Waals surface area contributed by atoms with Crippen LogP contribution in [-0.2, 0) is 6.54 Å². The van der Waals surface area contributed by atoms with Gasteiger partial charge >= 0.3 is 0 Å². The van der Waals surface area contributed by atoms with Crippen LogP contribution in [0.5, 0.6) is 0 Å². The molecule has 1 aromatic rings. The summed E-state index contributed by atoms with van der Waals surface area (Å²) in [6, 6.07) is 3.68. The fraction of sp³-hybridized carbons (Fsp3) is 0.500. The Balaban J connectivity index is 0.00000121. The minimum Gasteiger partial charge on any atom is -1.00 e. The van der Waals surface area contributed by atoms with Crippen LogP contribution >= 0.6 is 11.6 Å². The molecule has 0 N–H and O–H groups in total. The van der Waals surface area contributed by atoms with Gasteiger partial charge in [-0.1, -0.05) is 0 Å². The number of hydrogen-bond acceptors (Lipinski definition) is 1. The normalized spacial score (nSPS) is 11.0. The van der Waals surface area contributed by atoms with Gasteiger partial charge in [0.05, 0.1) is 21.1 Å². The van der Waals surface area contributed by atoms with Crippen LogP contribution < -0.4 is 17.0 Å². The highest BCUT2D eigenvalue weighted by Gasteiger charge is 2.11. The zero-order valence-electron chi connectivity index (χ0n) is 7.47. The molecular weight excluding hydrogens is 241 g/mol. The van der Waals surface area contributed by atoms with E-state index in [1.165, 1.54) is 0 Å². The lowest BCUT2D eigenvalue weighted by Gasteiger charge is -2.22. The van der Waals surface area contributed by atoms with E-state index in [2.05, 4.69) is 21.1 Å². The molecule has 0 bridgehead atoms. The summed E-state index contributed by atoms with van der Waals surface area (Å²) >= 11 is 5.62. The molecule has 0 saturated heterocycles. The fourth-order valence-electron chi connectivity index (χ4n) is 0.904. The Morgan fingerprint density at radius 3 is 2.25 bits per heavy atom. The lowest BCUT2D eigenvalue weighted by atomic mass is 10.4. The second kappa shape index (κ2) is 4.30. The van der Waals surface area contributed by atoms with Crippen LogP contribution in [0.1, 0.15) is 5.76 Å². The minimum atomic E-state index is 0. The Labute approximate surface area is 88.5 Å². The van der Waals surface area contributed by atoms with Crippen molar-refractivity contribution in [1.29, 1.82) is 0 Å². The van der Waals surface area contributed by atoms with E-state index in [1.807, 2.05) is 6.07 Å². The van der Waals surface area contributed by atoms with Crippen molar-refractivity contribution >= 4 is 11.6 Å². The van der Waals surface area contributed by atoms with Gasteiger partial charge in [-0.05, 0) is 23.7 Å². The van der Waals surface area contributed by atoms with Crippen LogP contribution in [-0.4, -0.2) is 25.6 Å². The van der Waals surface area contributed by atoms with Crippen molar-refractivity contribution in [3.05, 3.63) is 23.1 Å². The summed E-state index contributed by atoms with van der Waals surface area (Å²) in [6.45, 7) is 0.868. The molecule has 1 rings (SSSR count). The van der Waals surface area contributed by atoms with Gasteiger partial charge in [-0.2, -0.15) is 0 Å². The summed E-state index contributed by atoms with van der Waals surface area (Å²) < 4.78 is 6.06. The number of furan rings is 1. The molecule has 0 fully saturated rings. The van der Waals surface area contributed by atoms with E-state index in [-0.39, 0.29) is 17.0 Å². The highest BCUT2D eigenvalue weighted by molar-refractivity contribution is 6.28. The molecule has 0 spiro atoms. The summed E-state index contributed by atoms with van der Waals surface area (Å²) in [7, 11) is 6.32. The summed E-state index contributed by atoms with van der Waals surface area (Å²) in [6.07, 6.45) is 0. The van der Waals surface area contributed by atoms with Crippen molar-refractivity contribution in [2.75, 3.05) is 21.1 Å². The molecule has 0 aliphatic heterocycles. The van der Waals surface area contributed by atoms with E-state index in [1.54, 1.807) is 6.07 Å². The van der Waals surface area contributed by atoms with Crippen molar-refractivity contribution in [1.82, 2.24) is 0 Å². The van der Waals surface area contributed by atoms with Crippen LogP contribution in [0.15, 0.2) is 16.5 Å². The van der Waals surface area contributed by atoms with Gasteiger partial charge in [-0.15, -0.1) is 0 Å². The molecule has 0 aliphatic carbocycles. The van der Waals surface area contributed by atoms with Gasteiger partial charge in [0.25, 0.3) is 0 Å². The van der Waals surface area contributed by atoms with E-state index in [0.29, 0.717) is 5.22 Å². The monoisotopic (exact) mass is 253 g/mol. The Bertz CT molecular complexity index is 241. The topological polar surface area (TPSA) is 13.1 Å². The molecule has 4 heteroatoms. The second-order valence-corrected chi connectivity index (χ2v) is 4.03. The number of quaternary nitrogens is 1. The van der Waals surface area contributed by atoms with Crippen molar-refractivity contribution in [2.45, 2.75) is 6.54 Å². The van der Waals surface area contributed by atoms with Crippen LogP contribution in [0.2, 0.25) is 5.22 Å². The molecule has 0 aromatic carbocycles. The van der Waals surface area contributed by atoms with Crippen molar-refractivity contribution in [2.24, 2.45) is 0 Å². The first-order chi connectivity index (χ1) is 4.97. The Hall–Kier alpha value is 0.01000. The molecule has 0 amide bonds. The highest BCUT2D eigenvalue weighted by atomic mass is 79.9. The van der Waals surface area contributed by atoms with Crippen LogP contribution in [0, 0.1) is 0 Å². The van der Waals surface area contributed by atoms with Gasteiger partial charge in [0.2, 0.25) is 0 Å². The fourth-order valence-corrected chi connectivity index (χ4v) is 1.07. The second-order valence-electron chi connectivity index (χ2n) is 3.65. The lowest BCUT2D eigenvalue weighted by molar-refractivity contribution is -0.884. The van der Waals surface area contributed by atoms with Crippen molar-refractivity contribution < 1.29 is 25.9 Å². The van der Waals surface area contributed by atoms with Gasteiger partial charge in [-0.3, -0.25) is 0 Å². The Kier molecular flexibility index (Phi) is 4.31. The SMILES string of the molecule is C[N+](C)(C)Cc1ccc(Cl)o1.[Br-]. The summed E-state index contributed by atoms with van der Waals surface area (Å²) in [4.78, 5) is 0. The number of halogens is 2. The van der Waals surface area contributed by atoms with Crippen LogP contribution in [0.25, 0.3) is 0 Å². The first-order valence-corrected chi connectivity index (χ1v) is 3.90. The predicted octanol–water partition coefficient (Wildman–Crippen LogP) is -0.857. The third kappa shape index (κ3) is 4.14. The van der Waals surface area contributed by atoms with Gasteiger partial charge in [0.15, 0.2) is 11.0 Å². The number of nitrogens with zero attached hydrogens (tertiary/aromatic N) is 1. The molecule has 2 nitrogen and oxygen atoms in total. The summed E-state index contributed by atoms with van der Waals surface area (Å²) in [5.41, 5.74) is 0. The average molecular weight is 255 g/mol. The zero-order chi connectivity index (χ0) is 8.48. The first-order valence-electron chi connectivity index (χ1n) is 3.52. The predicted molar refractivity (Wildman–Crippen MR) is 45.5 cm³/mol. The smallest absolute Gasteiger partial charge is 0.193 e. The number of rotatable bonds is 2. The largest absolute Gasteiger partial charge is 1.00 e. The lowest BCUT2D eigenvalue weighted by Crippen LogP contribution is -3.00. The van der Waals surface area contributed by atoms with Crippen molar-refractivity contribution in [3.63, 3.8) is 0 Å². The molecule has 0 saturated carbocycles. The molecular formula is C8H13BrClNO. The van der Waals surface area contributed by atoms with E-state index in [9.17, 15) is 0 Å². The molecule has 0 atom stereocenters. The molecule has 0 unspecified atom stereocenters. The van der Waals surface area contributed by atoms with E-state index in [0.717, 1.165) is 16.8 Å². The van der Waals surface area contributed by atoms with E-state index in [4.69, 9.17) is 16.0 Å². The van der Waals surface area contributed by atoms with Gasteiger partial charge in [0, 0.05) is 0 Å². The highest BCUT2D eigenvalue weighted by Crippen LogP contribution is 2.15. The third-order valence-corrected chi connectivity index (χ3v) is 1.46. The van der Waals surface area contributed by atoms with Crippen LogP contribution in [0.4, 0.5) is 0 Å². The maximum atomic E-state index is 5.62. The van der Waals surface area contributed by atoms with Gasteiger partial charge < -0.3 is 25.9 Å². The number of hydrogen-bond donors (Lipinski definition) is 0. The quantitative estimate of drug-likeness (QED) is 0.627. The summed E-state index contributed by atoms with van der Waals surface area (Å²) in [5, 5.41) is 0.466. The van der Waals surface area contributed by atoms with E-state index >= 15 is 0 Å². The minimum absolute atomic E-state index is 0.